The summed E-state index contributed by atoms with van der Waals surface area (Å²) in [6.45, 7) is 0.870. The largest absolute Gasteiger partial charge is 0.382 e. The van der Waals surface area contributed by atoms with Crippen molar-refractivity contribution < 1.29 is 14.3 Å². The van der Waals surface area contributed by atoms with Crippen LogP contribution in [-0.2, 0) is 9.47 Å². The lowest BCUT2D eigenvalue weighted by molar-refractivity contribution is 0.0285. The number of hydrogen-bond donors (Lipinski definition) is 1. The Hall–Kier alpha value is -0.980. The predicted octanol–water partition coefficient (Wildman–Crippen LogP) is 0.534. The molecule has 0 aliphatic heterocycles. The molecule has 0 aromatic carbocycles. The zero-order valence-electron chi connectivity index (χ0n) is 8.73. The number of hydrogen-bond acceptors (Lipinski definition) is 5. The van der Waals surface area contributed by atoms with Crippen molar-refractivity contribution in [1.82, 2.24) is 10.3 Å². The standard InChI is InChI=1S/C9H14N2O3S/c1-13-4-7(14-2)3-10-9(12)8-5-15-6-11-8/h5-7H,3-4H2,1-2H3,(H,10,12). The van der Waals surface area contributed by atoms with Crippen molar-refractivity contribution in [2.24, 2.45) is 0 Å². The molecule has 1 N–H and O–H groups in total. The van der Waals surface area contributed by atoms with Gasteiger partial charge in [0.05, 0.1) is 18.2 Å². The van der Waals surface area contributed by atoms with Gasteiger partial charge in [0.2, 0.25) is 0 Å². The number of amides is 1. The first-order valence-electron chi connectivity index (χ1n) is 4.46. The molecule has 0 aliphatic carbocycles. The molecular weight excluding hydrogens is 216 g/mol. The second kappa shape index (κ2) is 6.49. The molecule has 0 fully saturated rings. The van der Waals surface area contributed by atoms with Gasteiger partial charge in [-0.2, -0.15) is 0 Å². The van der Waals surface area contributed by atoms with E-state index < -0.39 is 0 Å². The maximum absolute atomic E-state index is 11.5. The van der Waals surface area contributed by atoms with Crippen LogP contribution >= 0.6 is 11.3 Å². The summed E-state index contributed by atoms with van der Waals surface area (Å²) < 4.78 is 10.0. The van der Waals surface area contributed by atoms with Crippen LogP contribution in [0, 0.1) is 0 Å². The molecule has 0 radical (unpaired) electrons. The van der Waals surface area contributed by atoms with Crippen LogP contribution in [0.2, 0.25) is 0 Å². The minimum atomic E-state index is -0.186. The summed E-state index contributed by atoms with van der Waals surface area (Å²) in [5.41, 5.74) is 2.06. The Labute approximate surface area is 92.4 Å². The fraction of sp³-hybridized carbons (Fsp3) is 0.556. The van der Waals surface area contributed by atoms with Gasteiger partial charge < -0.3 is 14.8 Å². The van der Waals surface area contributed by atoms with E-state index in [1.54, 1.807) is 25.1 Å². The SMILES string of the molecule is COCC(CNC(=O)c1cscn1)OC. The first kappa shape index (κ1) is 12.1. The van der Waals surface area contributed by atoms with E-state index in [1.807, 2.05) is 0 Å². The smallest absolute Gasteiger partial charge is 0.270 e. The Kier molecular flexibility index (Phi) is 5.23. The second-order valence-electron chi connectivity index (χ2n) is 2.90. The molecule has 0 aliphatic rings. The summed E-state index contributed by atoms with van der Waals surface area (Å²) in [6.07, 6.45) is -0.127. The Bertz CT molecular complexity index is 290. The van der Waals surface area contributed by atoms with Gasteiger partial charge in [0.25, 0.3) is 5.91 Å². The molecule has 0 bridgehead atoms. The van der Waals surface area contributed by atoms with Crippen LogP contribution < -0.4 is 5.32 Å². The predicted molar refractivity (Wildman–Crippen MR) is 57.1 cm³/mol. The highest BCUT2D eigenvalue weighted by Crippen LogP contribution is 2.00. The number of ether oxygens (including phenoxy) is 2. The lowest BCUT2D eigenvalue weighted by atomic mass is 10.3. The van der Waals surface area contributed by atoms with Crippen molar-refractivity contribution in [2.45, 2.75) is 6.10 Å². The van der Waals surface area contributed by atoms with Gasteiger partial charge in [-0.15, -0.1) is 11.3 Å². The Balaban J connectivity index is 2.33. The van der Waals surface area contributed by atoms with Gasteiger partial charge in [-0.05, 0) is 0 Å². The summed E-state index contributed by atoms with van der Waals surface area (Å²) in [4.78, 5) is 15.4. The maximum atomic E-state index is 11.5. The van der Waals surface area contributed by atoms with Crippen molar-refractivity contribution in [2.75, 3.05) is 27.4 Å². The van der Waals surface area contributed by atoms with Crippen LogP contribution in [0.15, 0.2) is 10.9 Å². The fourth-order valence-corrected chi connectivity index (χ4v) is 1.55. The number of thiazole rings is 1. The molecule has 1 aromatic rings. The molecule has 1 atom stereocenters. The first-order valence-corrected chi connectivity index (χ1v) is 5.40. The van der Waals surface area contributed by atoms with E-state index >= 15 is 0 Å². The van der Waals surface area contributed by atoms with Crippen molar-refractivity contribution in [3.63, 3.8) is 0 Å². The van der Waals surface area contributed by atoms with Crippen LogP contribution in [0.4, 0.5) is 0 Å². The Morgan fingerprint density at radius 2 is 2.47 bits per heavy atom. The van der Waals surface area contributed by atoms with E-state index in [0.717, 1.165) is 0 Å². The maximum Gasteiger partial charge on any atom is 0.270 e. The molecule has 0 saturated carbocycles. The monoisotopic (exact) mass is 230 g/mol. The van der Waals surface area contributed by atoms with Gasteiger partial charge in [-0.25, -0.2) is 4.98 Å². The highest BCUT2D eigenvalue weighted by Gasteiger charge is 2.11. The van der Waals surface area contributed by atoms with Crippen LogP contribution in [-0.4, -0.2) is 44.4 Å². The van der Waals surface area contributed by atoms with Crippen LogP contribution in [0.3, 0.4) is 0 Å². The van der Waals surface area contributed by atoms with E-state index in [1.165, 1.54) is 11.3 Å². The van der Waals surface area contributed by atoms with Gasteiger partial charge in [0.15, 0.2) is 0 Å². The van der Waals surface area contributed by atoms with Gasteiger partial charge in [-0.3, -0.25) is 4.79 Å². The highest BCUT2D eigenvalue weighted by molar-refractivity contribution is 7.07. The highest BCUT2D eigenvalue weighted by atomic mass is 32.1. The number of aromatic nitrogens is 1. The quantitative estimate of drug-likeness (QED) is 0.774. The normalized spacial score (nSPS) is 12.4. The molecule has 1 aromatic heterocycles. The number of nitrogens with zero attached hydrogens (tertiary/aromatic N) is 1. The lowest BCUT2D eigenvalue weighted by Gasteiger charge is -2.14. The molecular formula is C9H14N2O3S. The third-order valence-corrected chi connectivity index (χ3v) is 2.43. The average molecular weight is 230 g/mol. The van der Waals surface area contributed by atoms with E-state index in [2.05, 4.69) is 10.3 Å². The summed E-state index contributed by atoms with van der Waals surface area (Å²) >= 11 is 1.39. The van der Waals surface area contributed by atoms with Gasteiger partial charge in [0.1, 0.15) is 5.69 Å². The number of carbonyl (C=O) groups is 1. The third-order valence-electron chi connectivity index (χ3n) is 1.84. The van der Waals surface area contributed by atoms with Gasteiger partial charge >= 0.3 is 0 Å². The number of rotatable bonds is 6. The van der Waals surface area contributed by atoms with E-state index in [0.29, 0.717) is 18.8 Å². The van der Waals surface area contributed by atoms with Crippen molar-refractivity contribution >= 4 is 17.2 Å². The van der Waals surface area contributed by atoms with Crippen molar-refractivity contribution in [3.05, 3.63) is 16.6 Å². The number of nitrogens with one attached hydrogen (secondary N) is 1. The van der Waals surface area contributed by atoms with Gasteiger partial charge in [0, 0.05) is 26.1 Å². The molecule has 0 spiro atoms. The summed E-state index contributed by atoms with van der Waals surface area (Å²) in [5, 5.41) is 4.42. The van der Waals surface area contributed by atoms with E-state index in [9.17, 15) is 4.79 Å². The minimum absolute atomic E-state index is 0.127. The molecule has 1 unspecified atom stereocenters. The summed E-state index contributed by atoms with van der Waals surface area (Å²) in [5.74, 6) is -0.186. The van der Waals surface area contributed by atoms with Crippen LogP contribution in [0.5, 0.6) is 0 Å². The summed E-state index contributed by atoms with van der Waals surface area (Å²) in [7, 11) is 3.17. The Morgan fingerprint density at radius 1 is 1.67 bits per heavy atom. The Morgan fingerprint density at radius 3 is 3.00 bits per heavy atom. The zero-order valence-corrected chi connectivity index (χ0v) is 9.54. The molecule has 5 nitrogen and oxygen atoms in total. The molecule has 15 heavy (non-hydrogen) atoms. The molecule has 84 valence electrons. The number of carbonyl (C=O) groups excluding carboxylic acids is 1. The molecule has 1 amide bonds. The topological polar surface area (TPSA) is 60.5 Å². The molecule has 6 heteroatoms. The average Bonchev–Trinajstić information content (AvgIpc) is 2.77. The lowest BCUT2D eigenvalue weighted by Crippen LogP contribution is -2.35. The fourth-order valence-electron chi connectivity index (χ4n) is 1.02. The van der Waals surface area contributed by atoms with Crippen LogP contribution in [0.1, 0.15) is 10.5 Å². The van der Waals surface area contributed by atoms with Gasteiger partial charge in [-0.1, -0.05) is 0 Å². The van der Waals surface area contributed by atoms with Crippen molar-refractivity contribution in [3.8, 4) is 0 Å². The second-order valence-corrected chi connectivity index (χ2v) is 3.62. The van der Waals surface area contributed by atoms with E-state index in [-0.39, 0.29) is 12.0 Å². The molecule has 1 rings (SSSR count). The summed E-state index contributed by atoms with van der Waals surface area (Å²) in [6, 6.07) is 0. The zero-order chi connectivity index (χ0) is 11.1. The van der Waals surface area contributed by atoms with Crippen LogP contribution in [0.25, 0.3) is 0 Å². The molecule has 1 heterocycles. The third kappa shape index (κ3) is 3.94. The first-order chi connectivity index (χ1) is 7.27. The minimum Gasteiger partial charge on any atom is -0.382 e. The van der Waals surface area contributed by atoms with E-state index in [4.69, 9.17) is 9.47 Å². The molecule has 0 saturated heterocycles. The van der Waals surface area contributed by atoms with Crippen molar-refractivity contribution in [1.29, 1.82) is 0 Å². The number of methoxy groups -OCH3 is 2.